The van der Waals surface area contributed by atoms with Gasteiger partial charge in [-0.2, -0.15) is 0 Å². The van der Waals surface area contributed by atoms with Crippen LogP contribution in [0, 0.1) is 5.41 Å². The monoisotopic (exact) mass is 664 g/mol. The summed E-state index contributed by atoms with van der Waals surface area (Å²) in [6.45, 7) is 10.6. The Hall–Kier alpha value is -4.27. The zero-order valence-electron chi connectivity index (χ0n) is 29.7. The van der Waals surface area contributed by atoms with Crippen molar-refractivity contribution in [1.82, 2.24) is 10.3 Å². The minimum atomic E-state index is -1.31. The largest absolute Gasteiger partial charge is 0.465 e. The first-order valence-electron chi connectivity index (χ1n) is 16.9. The van der Waals surface area contributed by atoms with Crippen molar-refractivity contribution in [3.63, 3.8) is 0 Å². The van der Waals surface area contributed by atoms with Gasteiger partial charge >= 0.3 is 17.9 Å². The van der Waals surface area contributed by atoms with E-state index in [9.17, 15) is 19.2 Å². The van der Waals surface area contributed by atoms with E-state index in [1.54, 1.807) is 40.7 Å². The van der Waals surface area contributed by atoms with Crippen LogP contribution in [0.2, 0.25) is 0 Å². The summed E-state index contributed by atoms with van der Waals surface area (Å²) in [5.41, 5.74) is -1.55. The van der Waals surface area contributed by atoms with Gasteiger partial charge in [0, 0.05) is 30.8 Å². The van der Waals surface area contributed by atoms with Gasteiger partial charge in [-0.05, 0) is 77.8 Å². The van der Waals surface area contributed by atoms with E-state index in [0.29, 0.717) is 6.42 Å². The number of unbranched alkanes of at least 4 members (excludes halogenated alkanes) is 1. The number of hydrogen-bond donors (Lipinski definition) is 1. The van der Waals surface area contributed by atoms with Gasteiger partial charge in [0.25, 0.3) is 5.91 Å². The van der Waals surface area contributed by atoms with Gasteiger partial charge < -0.3 is 19.5 Å². The van der Waals surface area contributed by atoms with E-state index in [0.717, 1.165) is 38.5 Å². The summed E-state index contributed by atoms with van der Waals surface area (Å²) >= 11 is 0. The number of amides is 1. The van der Waals surface area contributed by atoms with Crippen LogP contribution in [-0.2, 0) is 28.6 Å². The zero-order chi connectivity index (χ0) is 35.7. The van der Waals surface area contributed by atoms with Gasteiger partial charge in [0.05, 0.1) is 12.0 Å². The van der Waals surface area contributed by atoms with Crippen LogP contribution in [-0.4, -0.2) is 53.7 Å². The van der Waals surface area contributed by atoms with Gasteiger partial charge in [-0.25, -0.2) is 4.79 Å². The second-order valence-electron chi connectivity index (χ2n) is 12.9. The Morgan fingerprint density at radius 1 is 0.812 bits per heavy atom. The predicted octanol–water partition coefficient (Wildman–Crippen LogP) is 7.95. The van der Waals surface area contributed by atoms with E-state index in [1.165, 1.54) is 18.5 Å². The van der Waals surface area contributed by atoms with Crippen molar-refractivity contribution in [2.75, 3.05) is 13.2 Å². The first kappa shape index (κ1) is 41.8. The Bertz CT molecular complexity index is 1250. The van der Waals surface area contributed by atoms with Crippen molar-refractivity contribution >= 4 is 23.8 Å². The SMILES string of the molecule is CCC=CCC=CCC=CCC=CCC=CCCCC(=O)OCC(C)(C)[C@@H](OC(=O)c1cccnc1)C(=O)NCCC(=O)OC(C)(C)C. The third kappa shape index (κ3) is 20.8. The number of hydrogen-bond acceptors (Lipinski definition) is 8. The van der Waals surface area contributed by atoms with Crippen LogP contribution in [0.4, 0.5) is 0 Å². The van der Waals surface area contributed by atoms with Gasteiger partial charge in [0.15, 0.2) is 6.10 Å². The summed E-state index contributed by atoms with van der Waals surface area (Å²) < 4.78 is 16.4. The predicted molar refractivity (Wildman–Crippen MR) is 190 cm³/mol. The first-order valence-corrected chi connectivity index (χ1v) is 16.9. The fraction of sp³-hybridized carbons (Fsp3) is 0.513. The third-order valence-electron chi connectivity index (χ3n) is 6.63. The molecule has 0 aliphatic heterocycles. The summed E-state index contributed by atoms with van der Waals surface area (Å²) in [6, 6.07) is 3.11. The Morgan fingerprint density at radius 3 is 1.94 bits per heavy atom. The molecule has 0 bridgehead atoms. The molecule has 0 aromatic carbocycles. The molecule has 9 nitrogen and oxygen atoms in total. The Labute approximate surface area is 287 Å². The summed E-state index contributed by atoms with van der Waals surface area (Å²) in [7, 11) is 0. The van der Waals surface area contributed by atoms with E-state index in [1.807, 2.05) is 6.08 Å². The van der Waals surface area contributed by atoms with Crippen molar-refractivity contribution < 1.29 is 33.4 Å². The Kier molecular flexibility index (Phi) is 20.8. The maximum atomic E-state index is 13.2. The topological polar surface area (TPSA) is 121 Å². The molecule has 0 aliphatic rings. The molecular weight excluding hydrogens is 608 g/mol. The summed E-state index contributed by atoms with van der Waals surface area (Å²) in [5.74, 6) is -2.23. The fourth-order valence-electron chi connectivity index (χ4n) is 4.15. The molecule has 0 spiro atoms. The molecule has 0 saturated heterocycles. The first-order chi connectivity index (χ1) is 22.9. The van der Waals surface area contributed by atoms with Gasteiger partial charge in [0.2, 0.25) is 0 Å². The van der Waals surface area contributed by atoms with Crippen LogP contribution in [0.1, 0.15) is 110 Å². The molecule has 48 heavy (non-hydrogen) atoms. The minimum absolute atomic E-state index is 0.0135. The molecule has 1 rings (SSSR count). The molecule has 1 aromatic heterocycles. The number of carbonyl (C=O) groups is 4. The lowest BCUT2D eigenvalue weighted by Crippen LogP contribution is -2.49. The van der Waals surface area contributed by atoms with Crippen molar-refractivity contribution in [2.24, 2.45) is 5.41 Å². The lowest BCUT2D eigenvalue weighted by atomic mass is 9.86. The Balaban J connectivity index is 2.51. The number of esters is 3. The number of rotatable bonds is 22. The smallest absolute Gasteiger partial charge is 0.340 e. The molecule has 264 valence electrons. The van der Waals surface area contributed by atoms with E-state index in [4.69, 9.17) is 14.2 Å². The fourth-order valence-corrected chi connectivity index (χ4v) is 4.15. The standard InChI is InChI=1S/C39H56N2O7/c1-7-8-9-10-11-12-13-14-15-16-17-18-19-20-21-22-23-26-33(42)46-31-39(5,6)35(47-37(45)32-25-24-28-40-30-32)36(44)41-29-27-34(43)48-38(2,3)4/h8-9,11-12,14-15,17-18,20-21,24-25,28,30,35H,7,10,13,16,19,22-23,26-27,29,31H2,1-6H3,(H,41,44)/t35-/m0/s1. The number of nitrogens with zero attached hydrogens (tertiary/aromatic N) is 1. The van der Waals surface area contributed by atoms with Crippen molar-refractivity contribution in [2.45, 2.75) is 111 Å². The van der Waals surface area contributed by atoms with Gasteiger partial charge in [-0.1, -0.05) is 81.5 Å². The molecule has 0 radical (unpaired) electrons. The molecule has 1 N–H and O–H groups in total. The van der Waals surface area contributed by atoms with Crippen molar-refractivity contribution in [1.29, 1.82) is 0 Å². The molecule has 1 aromatic rings. The number of allylic oxidation sites excluding steroid dienone is 10. The molecule has 0 unspecified atom stereocenters. The average molecular weight is 665 g/mol. The van der Waals surface area contributed by atoms with E-state index >= 15 is 0 Å². The molecule has 0 saturated carbocycles. The highest BCUT2D eigenvalue weighted by molar-refractivity contribution is 5.92. The summed E-state index contributed by atoms with van der Waals surface area (Å²) in [6.07, 6.45) is 29.2. The molecule has 1 amide bonds. The number of pyridine rings is 1. The highest BCUT2D eigenvalue weighted by atomic mass is 16.6. The maximum absolute atomic E-state index is 13.2. The normalized spacial score (nSPS) is 13.1. The molecule has 9 heteroatoms. The van der Waals surface area contributed by atoms with E-state index < -0.39 is 40.9 Å². The number of ether oxygens (including phenoxy) is 3. The maximum Gasteiger partial charge on any atom is 0.340 e. The highest BCUT2D eigenvalue weighted by Crippen LogP contribution is 2.26. The van der Waals surface area contributed by atoms with Gasteiger partial charge in [0.1, 0.15) is 12.2 Å². The summed E-state index contributed by atoms with van der Waals surface area (Å²) in [4.78, 5) is 54.5. The van der Waals surface area contributed by atoms with Crippen LogP contribution in [0.5, 0.6) is 0 Å². The highest BCUT2D eigenvalue weighted by Gasteiger charge is 2.40. The van der Waals surface area contributed by atoms with Crippen LogP contribution in [0.15, 0.2) is 85.3 Å². The number of carbonyl (C=O) groups excluding carboxylic acids is 4. The van der Waals surface area contributed by atoms with Crippen molar-refractivity contribution in [3.8, 4) is 0 Å². The van der Waals surface area contributed by atoms with Crippen molar-refractivity contribution in [3.05, 3.63) is 90.9 Å². The quantitative estimate of drug-likeness (QED) is 0.0574. The van der Waals surface area contributed by atoms with Gasteiger partial charge in [-0.15, -0.1) is 0 Å². The average Bonchev–Trinajstić information content (AvgIpc) is 3.03. The summed E-state index contributed by atoms with van der Waals surface area (Å²) in [5, 5.41) is 2.64. The second-order valence-corrected chi connectivity index (χ2v) is 12.9. The van der Waals surface area contributed by atoms with Crippen LogP contribution in [0.3, 0.4) is 0 Å². The van der Waals surface area contributed by atoms with E-state index in [2.05, 4.69) is 71.9 Å². The molecular formula is C39H56N2O7. The number of aromatic nitrogens is 1. The van der Waals surface area contributed by atoms with Crippen LogP contribution < -0.4 is 5.32 Å². The van der Waals surface area contributed by atoms with Crippen LogP contribution in [0.25, 0.3) is 0 Å². The molecule has 0 fully saturated rings. The van der Waals surface area contributed by atoms with Gasteiger partial charge in [-0.3, -0.25) is 19.4 Å². The molecule has 1 atom stereocenters. The van der Waals surface area contributed by atoms with Crippen LogP contribution >= 0.6 is 0 Å². The molecule has 0 aliphatic carbocycles. The second kappa shape index (κ2) is 24.0. The lowest BCUT2D eigenvalue weighted by molar-refractivity contribution is -0.156. The zero-order valence-corrected chi connectivity index (χ0v) is 29.7. The molecule has 1 heterocycles. The third-order valence-corrected chi connectivity index (χ3v) is 6.63. The minimum Gasteiger partial charge on any atom is -0.465 e. The van der Waals surface area contributed by atoms with E-state index in [-0.39, 0.29) is 31.6 Å². The lowest BCUT2D eigenvalue weighted by Gasteiger charge is -2.32. The number of nitrogens with one attached hydrogen (secondary N) is 1. The Morgan fingerprint density at radius 2 is 1.40 bits per heavy atom.